The molecule has 2 aromatic rings. The minimum absolute atomic E-state index is 0.0268. The molecule has 0 bridgehead atoms. The van der Waals surface area contributed by atoms with E-state index in [-0.39, 0.29) is 30.7 Å². The molecule has 6 nitrogen and oxygen atoms in total. The molecule has 1 aliphatic carbocycles. The average molecular weight is 466 g/mol. The summed E-state index contributed by atoms with van der Waals surface area (Å²) in [6.45, 7) is 1.63. The van der Waals surface area contributed by atoms with Crippen LogP contribution < -0.4 is 5.32 Å². The van der Waals surface area contributed by atoms with E-state index in [9.17, 15) is 24.6 Å². The van der Waals surface area contributed by atoms with Gasteiger partial charge in [0, 0.05) is 12.5 Å². The highest BCUT2D eigenvalue weighted by atomic mass is 16.4. The van der Waals surface area contributed by atoms with E-state index >= 15 is 0 Å². The van der Waals surface area contributed by atoms with Crippen LogP contribution in [0.5, 0.6) is 0 Å². The first kappa shape index (κ1) is 25.5. The van der Waals surface area contributed by atoms with Crippen LogP contribution in [-0.4, -0.2) is 34.1 Å². The lowest BCUT2D eigenvalue weighted by Gasteiger charge is -2.28. The summed E-state index contributed by atoms with van der Waals surface area (Å²) in [5.74, 6) is -3.44. The molecule has 1 saturated carbocycles. The molecule has 6 heteroatoms. The number of hydrogen-bond acceptors (Lipinski definition) is 3. The van der Waals surface area contributed by atoms with Gasteiger partial charge in [0.2, 0.25) is 5.91 Å². The minimum Gasteiger partial charge on any atom is -0.481 e. The highest BCUT2D eigenvalue weighted by Crippen LogP contribution is 2.32. The van der Waals surface area contributed by atoms with Crippen molar-refractivity contribution < 1.29 is 24.6 Å². The highest BCUT2D eigenvalue weighted by molar-refractivity contribution is 5.82. The van der Waals surface area contributed by atoms with Gasteiger partial charge in [0.15, 0.2) is 0 Å². The molecule has 1 aliphatic rings. The molecule has 3 atom stereocenters. The van der Waals surface area contributed by atoms with Crippen LogP contribution >= 0.6 is 0 Å². The fourth-order valence-corrected chi connectivity index (χ4v) is 4.95. The van der Waals surface area contributed by atoms with Crippen molar-refractivity contribution in [2.45, 2.75) is 64.3 Å². The predicted octanol–water partition coefficient (Wildman–Crippen LogP) is 5.16. The number of rotatable bonds is 11. The summed E-state index contributed by atoms with van der Waals surface area (Å²) in [6.07, 6.45) is 5.52. The molecule has 0 spiro atoms. The third-order valence-electron chi connectivity index (χ3n) is 6.91. The van der Waals surface area contributed by atoms with Gasteiger partial charge in [0.05, 0.1) is 11.8 Å². The van der Waals surface area contributed by atoms with E-state index in [2.05, 4.69) is 5.32 Å². The lowest BCUT2D eigenvalue weighted by atomic mass is 9.78. The van der Waals surface area contributed by atoms with Gasteiger partial charge in [0.1, 0.15) is 0 Å². The van der Waals surface area contributed by atoms with Gasteiger partial charge in [-0.2, -0.15) is 0 Å². The van der Waals surface area contributed by atoms with E-state index in [1.54, 1.807) is 6.92 Å². The Kier molecular flexibility index (Phi) is 9.25. The largest absolute Gasteiger partial charge is 0.481 e. The number of benzene rings is 2. The smallest absolute Gasteiger partial charge is 0.307 e. The Hall–Kier alpha value is -3.15. The van der Waals surface area contributed by atoms with E-state index < -0.39 is 23.8 Å². The molecule has 1 amide bonds. The Bertz CT molecular complexity index is 951. The van der Waals surface area contributed by atoms with Gasteiger partial charge in [-0.3, -0.25) is 14.4 Å². The molecule has 1 unspecified atom stereocenters. The molecule has 3 rings (SSSR count). The van der Waals surface area contributed by atoms with Gasteiger partial charge >= 0.3 is 11.9 Å². The summed E-state index contributed by atoms with van der Waals surface area (Å²) < 4.78 is 0. The van der Waals surface area contributed by atoms with Gasteiger partial charge in [-0.15, -0.1) is 0 Å². The van der Waals surface area contributed by atoms with Gasteiger partial charge in [-0.1, -0.05) is 80.8 Å². The van der Waals surface area contributed by atoms with Crippen molar-refractivity contribution in [2.75, 3.05) is 0 Å². The fourth-order valence-electron chi connectivity index (χ4n) is 4.95. The lowest BCUT2D eigenvalue weighted by Crippen LogP contribution is -2.41. The first-order valence-corrected chi connectivity index (χ1v) is 12.2. The number of carboxylic acids is 2. The topological polar surface area (TPSA) is 104 Å². The van der Waals surface area contributed by atoms with E-state index in [0.29, 0.717) is 6.42 Å². The number of amides is 1. The lowest BCUT2D eigenvalue weighted by molar-refractivity contribution is -0.146. The third kappa shape index (κ3) is 7.44. The first-order chi connectivity index (χ1) is 16.3. The van der Waals surface area contributed by atoms with Crippen LogP contribution in [0.1, 0.15) is 57.4 Å². The zero-order valence-corrected chi connectivity index (χ0v) is 19.8. The van der Waals surface area contributed by atoms with Crippen molar-refractivity contribution in [3.05, 3.63) is 60.2 Å². The molecular weight excluding hydrogens is 430 g/mol. The first-order valence-electron chi connectivity index (χ1n) is 12.2. The minimum atomic E-state index is -0.922. The molecule has 0 saturated heterocycles. The number of nitrogens with one attached hydrogen (secondary N) is 1. The summed E-state index contributed by atoms with van der Waals surface area (Å²) >= 11 is 0. The molecular formula is C28H35NO5. The molecule has 2 aromatic carbocycles. The summed E-state index contributed by atoms with van der Waals surface area (Å²) in [5, 5.41) is 22.1. The van der Waals surface area contributed by atoms with Gasteiger partial charge in [0.25, 0.3) is 0 Å². The zero-order chi connectivity index (χ0) is 24.5. The summed E-state index contributed by atoms with van der Waals surface area (Å²) in [7, 11) is 0. The number of hydrogen-bond donors (Lipinski definition) is 3. The maximum Gasteiger partial charge on any atom is 0.307 e. The van der Waals surface area contributed by atoms with E-state index in [0.717, 1.165) is 48.8 Å². The summed E-state index contributed by atoms with van der Waals surface area (Å²) in [5.41, 5.74) is 3.19. The Labute approximate surface area is 201 Å². The number of carbonyl (C=O) groups excluding carboxylic acids is 1. The number of carbonyl (C=O) groups is 3. The second-order valence-corrected chi connectivity index (χ2v) is 9.55. The van der Waals surface area contributed by atoms with Crippen molar-refractivity contribution in [3.63, 3.8) is 0 Å². The number of carboxylic acid groups (broad SMARTS) is 2. The maximum atomic E-state index is 12.9. The second-order valence-electron chi connectivity index (χ2n) is 9.55. The van der Waals surface area contributed by atoms with Crippen LogP contribution in [0.3, 0.4) is 0 Å². The Balaban J connectivity index is 1.68. The van der Waals surface area contributed by atoms with Crippen molar-refractivity contribution >= 4 is 17.8 Å². The maximum absolute atomic E-state index is 12.9. The van der Waals surface area contributed by atoms with Crippen LogP contribution in [0, 0.1) is 17.8 Å². The highest BCUT2D eigenvalue weighted by Gasteiger charge is 2.32. The van der Waals surface area contributed by atoms with Crippen LogP contribution in [0.15, 0.2) is 54.6 Å². The number of aliphatic carboxylic acids is 2. The van der Waals surface area contributed by atoms with Gasteiger partial charge < -0.3 is 15.5 Å². The van der Waals surface area contributed by atoms with Crippen molar-refractivity contribution in [1.29, 1.82) is 0 Å². The molecule has 0 heterocycles. The Morgan fingerprint density at radius 3 is 2.09 bits per heavy atom. The summed E-state index contributed by atoms with van der Waals surface area (Å²) in [6, 6.07) is 17.7. The second kappa shape index (κ2) is 12.4. The van der Waals surface area contributed by atoms with Gasteiger partial charge in [-0.25, -0.2) is 0 Å². The van der Waals surface area contributed by atoms with Crippen LogP contribution in [0.4, 0.5) is 0 Å². The zero-order valence-electron chi connectivity index (χ0n) is 19.8. The molecule has 0 radical (unpaired) electrons. The van der Waals surface area contributed by atoms with Gasteiger partial charge in [-0.05, 0) is 48.3 Å². The van der Waals surface area contributed by atoms with E-state index in [4.69, 9.17) is 0 Å². The molecule has 0 aromatic heterocycles. The quantitative estimate of drug-likeness (QED) is 0.425. The molecule has 3 N–H and O–H groups in total. The van der Waals surface area contributed by atoms with Crippen LogP contribution in [-0.2, 0) is 20.8 Å². The van der Waals surface area contributed by atoms with Crippen molar-refractivity contribution in [1.82, 2.24) is 5.32 Å². The predicted molar refractivity (Wildman–Crippen MR) is 131 cm³/mol. The molecule has 1 fully saturated rings. The van der Waals surface area contributed by atoms with E-state index in [1.807, 2.05) is 54.6 Å². The van der Waals surface area contributed by atoms with Crippen molar-refractivity contribution in [2.24, 2.45) is 17.8 Å². The monoisotopic (exact) mass is 465 g/mol. The third-order valence-corrected chi connectivity index (χ3v) is 6.91. The van der Waals surface area contributed by atoms with Crippen LogP contribution in [0.2, 0.25) is 0 Å². The Morgan fingerprint density at radius 1 is 0.882 bits per heavy atom. The fraction of sp³-hybridized carbons (Fsp3) is 0.464. The Morgan fingerprint density at radius 2 is 1.50 bits per heavy atom. The normalized spacial score (nSPS) is 16.9. The van der Waals surface area contributed by atoms with Crippen molar-refractivity contribution in [3.8, 4) is 11.1 Å². The van der Waals surface area contributed by atoms with Crippen LogP contribution in [0.25, 0.3) is 11.1 Å². The summed E-state index contributed by atoms with van der Waals surface area (Å²) in [4.78, 5) is 36.2. The average Bonchev–Trinajstić information content (AvgIpc) is 2.83. The SMILES string of the molecule is C[C@@H](CC(Cc1ccc(-c2ccccc2)cc1)NC(=O)C[C@H](C(=O)O)C1CCCCC1)C(=O)O. The van der Waals surface area contributed by atoms with E-state index in [1.165, 1.54) is 0 Å². The molecule has 182 valence electrons. The molecule has 0 aliphatic heterocycles. The standard InChI is InChI=1S/C28H35NO5/c1-19(27(31)32)16-24(17-20-12-14-22(15-13-20)21-8-4-2-5-9-21)29-26(30)18-25(28(33)34)23-10-6-3-7-11-23/h2,4-5,8-9,12-15,19,23-25H,3,6-7,10-11,16-18H2,1H3,(H,29,30)(H,31,32)(H,33,34)/t19-,24?,25-/m0/s1. The molecule has 34 heavy (non-hydrogen) atoms.